The molecule has 3 rings (SSSR count). The van der Waals surface area contributed by atoms with E-state index in [0.717, 1.165) is 12.8 Å². The quantitative estimate of drug-likeness (QED) is 0.764. The second-order valence-corrected chi connectivity index (χ2v) is 7.90. The summed E-state index contributed by atoms with van der Waals surface area (Å²) in [5.41, 5.74) is 1.31. The molecular formula is C18H21N3O4S. The Morgan fingerprint density at radius 2 is 1.73 bits per heavy atom. The summed E-state index contributed by atoms with van der Waals surface area (Å²) in [5.74, 6) is -0.332. The van der Waals surface area contributed by atoms with Crippen LogP contribution in [0.25, 0.3) is 0 Å². The molecule has 1 saturated heterocycles. The maximum atomic E-state index is 12.7. The Bertz CT molecular complexity index is 922. The van der Waals surface area contributed by atoms with Gasteiger partial charge in [0.15, 0.2) is 0 Å². The number of urea groups is 1. The lowest BCUT2D eigenvalue weighted by Crippen LogP contribution is -2.32. The number of rotatable bonds is 4. The van der Waals surface area contributed by atoms with Gasteiger partial charge in [-0.3, -0.25) is 4.72 Å². The van der Waals surface area contributed by atoms with Crippen molar-refractivity contribution in [2.24, 2.45) is 0 Å². The van der Waals surface area contributed by atoms with Crippen LogP contribution < -0.4 is 10.0 Å². The highest BCUT2D eigenvalue weighted by molar-refractivity contribution is 7.92. The van der Waals surface area contributed by atoms with Crippen molar-refractivity contribution in [3.05, 3.63) is 48.0 Å². The first-order valence-corrected chi connectivity index (χ1v) is 9.82. The zero-order valence-corrected chi connectivity index (χ0v) is 15.2. The summed E-state index contributed by atoms with van der Waals surface area (Å²) in [6, 6.07) is 10.7. The minimum atomic E-state index is -4.01. The monoisotopic (exact) mass is 375 g/mol. The first kappa shape index (κ1) is 18.1. The fourth-order valence-corrected chi connectivity index (χ4v) is 4.09. The van der Waals surface area contributed by atoms with Crippen LogP contribution >= 0.6 is 0 Å². The lowest BCUT2D eigenvalue weighted by atomic mass is 10.2. The number of hydrogen-bond acceptors (Lipinski definition) is 4. The molecule has 1 fully saturated rings. The molecule has 138 valence electrons. The molecule has 1 aliphatic rings. The van der Waals surface area contributed by atoms with E-state index in [2.05, 4.69) is 10.0 Å². The molecule has 1 heterocycles. The summed E-state index contributed by atoms with van der Waals surface area (Å²) >= 11 is 0. The van der Waals surface area contributed by atoms with Crippen LogP contribution in [0.4, 0.5) is 16.2 Å². The maximum Gasteiger partial charge on any atom is 0.321 e. The van der Waals surface area contributed by atoms with E-state index < -0.39 is 10.0 Å². The predicted octanol–water partition coefficient (Wildman–Crippen LogP) is 3.13. The molecule has 1 aliphatic heterocycles. The molecule has 2 amide bonds. The molecule has 8 heteroatoms. The van der Waals surface area contributed by atoms with Crippen molar-refractivity contribution in [2.45, 2.75) is 24.7 Å². The molecule has 0 unspecified atom stereocenters. The molecule has 7 nitrogen and oxygen atoms in total. The third kappa shape index (κ3) is 3.91. The minimum absolute atomic E-state index is 0.210. The van der Waals surface area contributed by atoms with Crippen LogP contribution in [0.2, 0.25) is 0 Å². The Kier molecular flexibility index (Phi) is 5.03. The molecule has 3 N–H and O–H groups in total. The lowest BCUT2D eigenvalue weighted by molar-refractivity contribution is 0.222. The Hall–Kier alpha value is -2.74. The molecule has 2 aromatic rings. The van der Waals surface area contributed by atoms with E-state index >= 15 is 0 Å². The fraction of sp³-hybridized carbons (Fsp3) is 0.278. The Morgan fingerprint density at radius 1 is 1.08 bits per heavy atom. The Labute approximate surface area is 152 Å². The van der Waals surface area contributed by atoms with Gasteiger partial charge in [0.05, 0.1) is 11.4 Å². The molecule has 0 aliphatic carbocycles. The van der Waals surface area contributed by atoms with E-state index in [1.807, 2.05) is 0 Å². The smallest absolute Gasteiger partial charge is 0.321 e. The van der Waals surface area contributed by atoms with Crippen molar-refractivity contribution < 1.29 is 18.3 Å². The Morgan fingerprint density at radius 3 is 2.42 bits per heavy atom. The summed E-state index contributed by atoms with van der Waals surface area (Å²) in [5, 5.41) is 12.7. The van der Waals surface area contributed by atoms with Crippen molar-refractivity contribution in [1.29, 1.82) is 0 Å². The van der Waals surface area contributed by atoms with Gasteiger partial charge in [0, 0.05) is 13.1 Å². The van der Waals surface area contributed by atoms with E-state index in [9.17, 15) is 18.3 Å². The van der Waals surface area contributed by atoms with Crippen molar-refractivity contribution in [3.8, 4) is 5.75 Å². The molecular weight excluding hydrogens is 354 g/mol. The molecule has 0 radical (unpaired) electrons. The number of phenolic OH excluding ortho intramolecular Hbond substituents is 1. The number of hydrogen-bond donors (Lipinski definition) is 3. The molecule has 0 bridgehead atoms. The van der Waals surface area contributed by atoms with E-state index in [1.165, 1.54) is 12.1 Å². The number of anilines is 2. The largest absolute Gasteiger partial charge is 0.507 e. The molecule has 0 spiro atoms. The van der Waals surface area contributed by atoms with Gasteiger partial charge in [-0.15, -0.1) is 0 Å². The van der Waals surface area contributed by atoms with Crippen molar-refractivity contribution in [2.75, 3.05) is 23.1 Å². The predicted molar refractivity (Wildman–Crippen MR) is 99.9 cm³/mol. The van der Waals surface area contributed by atoms with Gasteiger partial charge in [0.1, 0.15) is 10.6 Å². The van der Waals surface area contributed by atoms with E-state index in [4.69, 9.17) is 0 Å². The topological polar surface area (TPSA) is 98.7 Å². The average molecular weight is 375 g/mol. The second-order valence-electron chi connectivity index (χ2n) is 6.25. The van der Waals surface area contributed by atoms with Gasteiger partial charge in [-0.05, 0) is 49.6 Å². The number of aromatic hydroxyl groups is 1. The number of carbonyl (C=O) groups excluding carboxylic acids is 1. The number of para-hydroxylation sites is 2. The lowest BCUT2D eigenvalue weighted by Gasteiger charge is -2.18. The highest BCUT2D eigenvalue weighted by atomic mass is 32.2. The second kappa shape index (κ2) is 7.25. The molecule has 2 aromatic carbocycles. The van der Waals surface area contributed by atoms with E-state index in [1.54, 1.807) is 42.2 Å². The summed E-state index contributed by atoms with van der Waals surface area (Å²) in [4.78, 5) is 13.8. The van der Waals surface area contributed by atoms with Gasteiger partial charge in [0.25, 0.3) is 10.0 Å². The number of benzene rings is 2. The first-order valence-electron chi connectivity index (χ1n) is 8.34. The third-order valence-electron chi connectivity index (χ3n) is 4.21. The van der Waals surface area contributed by atoms with E-state index in [0.29, 0.717) is 24.3 Å². The average Bonchev–Trinajstić information content (AvgIpc) is 3.13. The van der Waals surface area contributed by atoms with Gasteiger partial charge >= 0.3 is 6.03 Å². The van der Waals surface area contributed by atoms with Crippen molar-refractivity contribution >= 4 is 27.4 Å². The third-order valence-corrected chi connectivity index (χ3v) is 5.61. The number of likely N-dealkylation sites (tertiary alicyclic amines) is 1. The standard InChI is InChI=1S/C18H21N3O4S/c1-13-8-9-16(22)17(12-13)26(24,25)20-15-7-3-2-6-14(15)19-18(23)21-10-4-5-11-21/h2-3,6-9,12,20,22H,4-5,10-11H2,1H3,(H,19,23). The summed E-state index contributed by atoms with van der Waals surface area (Å²) < 4.78 is 27.8. The van der Waals surface area contributed by atoms with Gasteiger partial charge in [-0.2, -0.15) is 0 Å². The molecule has 26 heavy (non-hydrogen) atoms. The SMILES string of the molecule is Cc1ccc(O)c(S(=O)(=O)Nc2ccccc2NC(=O)N2CCCC2)c1. The van der Waals surface area contributed by atoms with E-state index in [-0.39, 0.29) is 22.4 Å². The van der Waals surface area contributed by atoms with Crippen LogP contribution in [-0.4, -0.2) is 37.5 Å². The molecule has 0 atom stereocenters. The number of nitrogens with zero attached hydrogens (tertiary/aromatic N) is 1. The number of phenols is 1. The first-order chi connectivity index (χ1) is 12.4. The number of carbonyl (C=O) groups is 1. The minimum Gasteiger partial charge on any atom is -0.507 e. The summed E-state index contributed by atoms with van der Waals surface area (Å²) in [6.07, 6.45) is 1.93. The van der Waals surface area contributed by atoms with Gasteiger partial charge in [-0.25, -0.2) is 13.2 Å². The van der Waals surface area contributed by atoms with Crippen molar-refractivity contribution in [1.82, 2.24) is 4.90 Å². The fourth-order valence-electron chi connectivity index (χ4n) is 2.83. The van der Waals surface area contributed by atoms with Crippen LogP contribution in [0.1, 0.15) is 18.4 Å². The highest BCUT2D eigenvalue weighted by Gasteiger charge is 2.22. The highest BCUT2D eigenvalue weighted by Crippen LogP contribution is 2.29. The number of amides is 2. The van der Waals surface area contributed by atoms with Gasteiger partial charge in [0.2, 0.25) is 0 Å². The van der Waals surface area contributed by atoms with Gasteiger partial charge < -0.3 is 15.3 Å². The molecule has 0 saturated carbocycles. The zero-order valence-electron chi connectivity index (χ0n) is 14.4. The van der Waals surface area contributed by atoms with Crippen LogP contribution in [0, 0.1) is 6.92 Å². The normalized spacial score (nSPS) is 14.3. The summed E-state index contributed by atoms with van der Waals surface area (Å²) in [6.45, 7) is 3.12. The zero-order chi connectivity index (χ0) is 18.7. The van der Waals surface area contributed by atoms with Crippen molar-refractivity contribution in [3.63, 3.8) is 0 Å². The summed E-state index contributed by atoms with van der Waals surface area (Å²) in [7, 11) is -4.01. The molecule has 0 aromatic heterocycles. The Balaban J connectivity index is 1.85. The van der Waals surface area contributed by atoms with Crippen LogP contribution in [-0.2, 0) is 10.0 Å². The van der Waals surface area contributed by atoms with Crippen LogP contribution in [0.15, 0.2) is 47.4 Å². The number of sulfonamides is 1. The number of aryl methyl sites for hydroxylation is 1. The van der Waals surface area contributed by atoms with Crippen LogP contribution in [0.5, 0.6) is 5.75 Å². The number of nitrogens with one attached hydrogen (secondary N) is 2. The van der Waals surface area contributed by atoms with Gasteiger partial charge in [-0.1, -0.05) is 18.2 Å². The maximum absolute atomic E-state index is 12.7. The van der Waals surface area contributed by atoms with Crippen LogP contribution in [0.3, 0.4) is 0 Å².